The van der Waals surface area contributed by atoms with Crippen molar-refractivity contribution in [3.63, 3.8) is 0 Å². The van der Waals surface area contributed by atoms with Crippen molar-refractivity contribution in [2.45, 2.75) is 58.1 Å². The van der Waals surface area contributed by atoms with Crippen LogP contribution in [0.3, 0.4) is 0 Å². The minimum atomic E-state index is -4.10. The van der Waals surface area contributed by atoms with Crippen molar-refractivity contribution in [1.29, 1.82) is 0 Å². The van der Waals surface area contributed by atoms with Gasteiger partial charge in [-0.1, -0.05) is 59.6 Å². The fourth-order valence-corrected chi connectivity index (χ4v) is 5.55. The molecular formula is C29H34ClN3O4S. The molecule has 9 heteroatoms. The first-order chi connectivity index (χ1) is 17.9. The average molecular weight is 556 g/mol. The number of sulfonamides is 1. The predicted molar refractivity (Wildman–Crippen MR) is 152 cm³/mol. The highest BCUT2D eigenvalue weighted by Crippen LogP contribution is 2.26. The number of rotatable bonds is 10. The molecule has 38 heavy (non-hydrogen) atoms. The maximum Gasteiger partial charge on any atom is 0.264 e. The maximum atomic E-state index is 13.9. The molecule has 1 N–H and O–H groups in total. The Morgan fingerprint density at radius 2 is 1.55 bits per heavy atom. The van der Waals surface area contributed by atoms with E-state index in [2.05, 4.69) is 5.32 Å². The molecule has 0 spiro atoms. The van der Waals surface area contributed by atoms with Gasteiger partial charge in [-0.05, 0) is 76.1 Å². The van der Waals surface area contributed by atoms with Gasteiger partial charge in [0.05, 0.1) is 10.6 Å². The quantitative estimate of drug-likeness (QED) is 0.377. The van der Waals surface area contributed by atoms with Crippen LogP contribution in [0.2, 0.25) is 5.02 Å². The standard InChI is InChI=1S/C29H34ClN3O4S/c1-20(2)31-29(35)23(5)32(18-24-10-6-7-12-27(24)30)28(34)19-33(25-11-8-9-22(4)17-25)38(36,37)26-15-13-21(3)14-16-26/h6-17,20,23H,18-19H2,1-5H3,(H,31,35). The summed E-state index contributed by atoms with van der Waals surface area (Å²) in [7, 11) is -4.10. The number of benzene rings is 3. The zero-order valence-electron chi connectivity index (χ0n) is 22.3. The van der Waals surface area contributed by atoms with E-state index in [-0.39, 0.29) is 23.4 Å². The molecule has 1 atom stereocenters. The predicted octanol–water partition coefficient (Wildman–Crippen LogP) is 5.09. The Hall–Kier alpha value is -3.36. The summed E-state index contributed by atoms with van der Waals surface area (Å²) >= 11 is 6.38. The van der Waals surface area contributed by atoms with Crippen molar-refractivity contribution in [1.82, 2.24) is 10.2 Å². The lowest BCUT2D eigenvalue weighted by atomic mass is 10.1. The topological polar surface area (TPSA) is 86.8 Å². The SMILES string of the molecule is Cc1ccc(S(=O)(=O)N(CC(=O)N(Cc2ccccc2Cl)C(C)C(=O)NC(C)C)c2cccc(C)c2)cc1. The second kappa shape index (κ2) is 12.5. The molecule has 0 aliphatic heterocycles. The van der Waals surface area contributed by atoms with E-state index < -0.39 is 28.5 Å². The molecule has 0 saturated carbocycles. The summed E-state index contributed by atoms with van der Waals surface area (Å²) in [5.74, 6) is -0.877. The summed E-state index contributed by atoms with van der Waals surface area (Å²) in [5.41, 5.74) is 2.76. The van der Waals surface area contributed by atoms with E-state index in [9.17, 15) is 18.0 Å². The molecule has 202 valence electrons. The molecule has 7 nitrogen and oxygen atoms in total. The maximum absolute atomic E-state index is 13.9. The Labute approximate surface area is 230 Å². The summed E-state index contributed by atoms with van der Waals surface area (Å²) in [5, 5.41) is 3.28. The van der Waals surface area contributed by atoms with Crippen LogP contribution in [0.25, 0.3) is 0 Å². The Bertz CT molecular complexity index is 1390. The second-order valence-corrected chi connectivity index (χ2v) is 11.9. The number of halogens is 1. The zero-order chi connectivity index (χ0) is 28.0. The summed E-state index contributed by atoms with van der Waals surface area (Å²) in [6, 6.07) is 19.5. The second-order valence-electron chi connectivity index (χ2n) is 9.62. The molecule has 0 bridgehead atoms. The summed E-state index contributed by atoms with van der Waals surface area (Å²) in [6.07, 6.45) is 0. The molecule has 3 aromatic rings. The van der Waals surface area contributed by atoms with Crippen molar-refractivity contribution in [2.24, 2.45) is 0 Å². The number of nitrogens with zero attached hydrogens (tertiary/aromatic N) is 2. The van der Waals surface area contributed by atoms with Gasteiger partial charge in [0.25, 0.3) is 10.0 Å². The average Bonchev–Trinajstić information content (AvgIpc) is 2.86. The molecule has 0 saturated heterocycles. The lowest BCUT2D eigenvalue weighted by molar-refractivity contribution is -0.139. The van der Waals surface area contributed by atoms with E-state index >= 15 is 0 Å². The van der Waals surface area contributed by atoms with Crippen LogP contribution in [-0.4, -0.2) is 43.8 Å². The van der Waals surface area contributed by atoms with Gasteiger partial charge in [-0.25, -0.2) is 8.42 Å². The molecule has 0 heterocycles. The first-order valence-electron chi connectivity index (χ1n) is 12.4. The van der Waals surface area contributed by atoms with Crippen molar-refractivity contribution in [3.8, 4) is 0 Å². The largest absolute Gasteiger partial charge is 0.352 e. The van der Waals surface area contributed by atoms with Gasteiger partial charge in [0.15, 0.2) is 0 Å². The first kappa shape index (κ1) is 29.2. The molecule has 3 rings (SSSR count). The minimum absolute atomic E-state index is 0.0391. The van der Waals surface area contributed by atoms with Crippen molar-refractivity contribution in [3.05, 3.63) is 94.5 Å². The number of hydrogen-bond acceptors (Lipinski definition) is 4. The van der Waals surface area contributed by atoms with Gasteiger partial charge in [-0.2, -0.15) is 0 Å². The van der Waals surface area contributed by atoms with Crippen LogP contribution in [0, 0.1) is 13.8 Å². The number of anilines is 1. The number of aryl methyl sites for hydroxylation is 2. The van der Waals surface area contributed by atoms with Crippen LogP contribution in [-0.2, 0) is 26.2 Å². The molecule has 1 unspecified atom stereocenters. The highest BCUT2D eigenvalue weighted by Gasteiger charge is 2.33. The first-order valence-corrected chi connectivity index (χ1v) is 14.2. The van der Waals surface area contributed by atoms with Crippen LogP contribution in [0.1, 0.15) is 37.5 Å². The number of amides is 2. The third-order valence-electron chi connectivity index (χ3n) is 6.07. The minimum Gasteiger partial charge on any atom is -0.352 e. The van der Waals surface area contributed by atoms with Gasteiger partial charge in [0.1, 0.15) is 12.6 Å². The fourth-order valence-electron chi connectivity index (χ4n) is 3.95. The third kappa shape index (κ3) is 7.14. The highest BCUT2D eigenvalue weighted by atomic mass is 35.5. The molecule has 0 aromatic heterocycles. The fraction of sp³-hybridized carbons (Fsp3) is 0.310. The number of carbonyl (C=O) groups is 2. The number of nitrogens with one attached hydrogen (secondary N) is 1. The number of carbonyl (C=O) groups excluding carboxylic acids is 2. The van der Waals surface area contributed by atoms with Gasteiger partial charge >= 0.3 is 0 Å². The highest BCUT2D eigenvalue weighted by molar-refractivity contribution is 7.92. The van der Waals surface area contributed by atoms with E-state index in [1.54, 1.807) is 61.5 Å². The summed E-state index contributed by atoms with van der Waals surface area (Å²) in [4.78, 5) is 28.3. The Morgan fingerprint density at radius 1 is 0.895 bits per heavy atom. The van der Waals surface area contributed by atoms with Crippen LogP contribution in [0.4, 0.5) is 5.69 Å². The lowest BCUT2D eigenvalue weighted by Gasteiger charge is -2.32. The molecule has 0 aliphatic rings. The van der Waals surface area contributed by atoms with Crippen LogP contribution in [0.15, 0.2) is 77.7 Å². The van der Waals surface area contributed by atoms with Crippen molar-refractivity contribution >= 4 is 39.1 Å². The lowest BCUT2D eigenvalue weighted by Crippen LogP contribution is -2.52. The van der Waals surface area contributed by atoms with E-state index in [4.69, 9.17) is 11.6 Å². The number of hydrogen-bond donors (Lipinski definition) is 1. The Balaban J connectivity index is 2.04. The molecule has 0 aliphatic carbocycles. The van der Waals surface area contributed by atoms with Gasteiger partial charge in [0, 0.05) is 17.6 Å². The van der Waals surface area contributed by atoms with Gasteiger partial charge in [-0.3, -0.25) is 13.9 Å². The molecule has 0 fully saturated rings. The van der Waals surface area contributed by atoms with Gasteiger partial charge in [0.2, 0.25) is 11.8 Å². The van der Waals surface area contributed by atoms with E-state index in [1.165, 1.54) is 17.0 Å². The Kier molecular flexibility index (Phi) is 9.57. The molecule has 3 aromatic carbocycles. The normalized spacial score (nSPS) is 12.2. The van der Waals surface area contributed by atoms with Gasteiger partial charge in [-0.15, -0.1) is 0 Å². The molecular weight excluding hydrogens is 522 g/mol. The van der Waals surface area contributed by atoms with Gasteiger partial charge < -0.3 is 10.2 Å². The third-order valence-corrected chi connectivity index (χ3v) is 8.23. The monoisotopic (exact) mass is 555 g/mol. The van der Waals surface area contributed by atoms with Crippen molar-refractivity contribution < 1.29 is 18.0 Å². The Morgan fingerprint density at radius 3 is 2.16 bits per heavy atom. The summed E-state index contributed by atoms with van der Waals surface area (Å²) in [6.45, 7) is 8.55. The van der Waals surface area contributed by atoms with E-state index in [1.807, 2.05) is 33.8 Å². The summed E-state index contributed by atoms with van der Waals surface area (Å²) < 4.78 is 28.8. The van der Waals surface area contributed by atoms with E-state index in [0.29, 0.717) is 16.3 Å². The van der Waals surface area contributed by atoms with Crippen LogP contribution in [0.5, 0.6) is 0 Å². The van der Waals surface area contributed by atoms with Crippen molar-refractivity contribution in [2.75, 3.05) is 10.8 Å². The molecule has 0 radical (unpaired) electrons. The van der Waals surface area contributed by atoms with Crippen LogP contribution < -0.4 is 9.62 Å². The zero-order valence-corrected chi connectivity index (χ0v) is 23.9. The molecule has 2 amide bonds. The smallest absolute Gasteiger partial charge is 0.264 e. The van der Waals surface area contributed by atoms with Crippen LogP contribution >= 0.6 is 11.6 Å². The van der Waals surface area contributed by atoms with E-state index in [0.717, 1.165) is 15.4 Å².